The first-order valence-corrected chi connectivity index (χ1v) is 19.6. The van der Waals surface area contributed by atoms with Crippen LogP contribution in [0.5, 0.6) is 0 Å². The van der Waals surface area contributed by atoms with E-state index in [1.54, 1.807) is 0 Å². The topological polar surface area (TPSA) is 86.6 Å². The number of amides is 1. The fourth-order valence-corrected chi connectivity index (χ4v) is 6.12. The third-order valence-electron chi connectivity index (χ3n) is 9.17. The van der Waals surface area contributed by atoms with Gasteiger partial charge in [-0.3, -0.25) is 9.59 Å². The van der Waals surface area contributed by atoms with Gasteiger partial charge in [-0.25, -0.2) is 0 Å². The minimum Gasteiger partial charge on any atom is -0.393 e. The van der Waals surface area contributed by atoms with Crippen molar-refractivity contribution < 1.29 is 19.8 Å². The second-order valence-corrected chi connectivity index (χ2v) is 13.7. The van der Waals surface area contributed by atoms with E-state index in [-0.39, 0.29) is 18.1 Å². The smallest absolute Gasteiger partial charge is 0.219 e. The van der Waals surface area contributed by atoms with Crippen molar-refractivity contribution in [2.75, 3.05) is 6.54 Å². The summed E-state index contributed by atoms with van der Waals surface area (Å²) in [7, 11) is 0. The first-order chi connectivity index (χ1) is 21.5. The molecule has 1 amide bonds. The highest BCUT2D eigenvalue weighted by molar-refractivity contribution is 5.78. The number of Topliss-reactive ketones (excluding diaryl/α,β-unsaturated/α-hetero) is 1. The van der Waals surface area contributed by atoms with Gasteiger partial charge in [0.05, 0.1) is 12.2 Å². The third kappa shape index (κ3) is 33.9. The lowest BCUT2D eigenvalue weighted by molar-refractivity contribution is -0.122. The van der Waals surface area contributed by atoms with Crippen LogP contribution in [0, 0.1) is 0 Å². The molecule has 0 aliphatic heterocycles. The molecule has 0 heterocycles. The van der Waals surface area contributed by atoms with E-state index in [2.05, 4.69) is 19.2 Å². The van der Waals surface area contributed by atoms with Crippen LogP contribution in [0.2, 0.25) is 0 Å². The van der Waals surface area contributed by atoms with Gasteiger partial charge in [0, 0.05) is 25.8 Å². The molecule has 2 unspecified atom stereocenters. The van der Waals surface area contributed by atoms with Gasteiger partial charge < -0.3 is 15.5 Å². The van der Waals surface area contributed by atoms with Gasteiger partial charge in [-0.15, -0.1) is 0 Å². The maximum Gasteiger partial charge on any atom is 0.219 e. The zero-order valence-corrected chi connectivity index (χ0v) is 29.7. The van der Waals surface area contributed by atoms with E-state index in [1.807, 2.05) is 0 Å². The monoisotopic (exact) mass is 624 g/mol. The highest BCUT2D eigenvalue weighted by Gasteiger charge is 2.06. The van der Waals surface area contributed by atoms with Gasteiger partial charge in [0.25, 0.3) is 0 Å². The zero-order chi connectivity index (χ0) is 32.4. The van der Waals surface area contributed by atoms with Crippen molar-refractivity contribution >= 4 is 11.7 Å². The van der Waals surface area contributed by atoms with Gasteiger partial charge in [0.1, 0.15) is 5.78 Å². The molecule has 0 bridgehead atoms. The molecule has 0 rings (SSSR count). The van der Waals surface area contributed by atoms with Gasteiger partial charge in [-0.1, -0.05) is 155 Å². The molecule has 44 heavy (non-hydrogen) atoms. The van der Waals surface area contributed by atoms with Crippen molar-refractivity contribution in [3.63, 3.8) is 0 Å². The molecular weight excluding hydrogens is 546 g/mol. The van der Waals surface area contributed by atoms with Gasteiger partial charge in [0.15, 0.2) is 0 Å². The van der Waals surface area contributed by atoms with Crippen molar-refractivity contribution in [3.8, 4) is 0 Å². The van der Waals surface area contributed by atoms with Gasteiger partial charge in [-0.2, -0.15) is 0 Å². The average Bonchev–Trinajstić information content (AvgIpc) is 3.01. The highest BCUT2D eigenvalue weighted by Crippen LogP contribution is 2.16. The fourth-order valence-electron chi connectivity index (χ4n) is 6.12. The second kappa shape index (κ2) is 34.9. The van der Waals surface area contributed by atoms with Crippen LogP contribution in [0.1, 0.15) is 219 Å². The summed E-state index contributed by atoms with van der Waals surface area (Å²) in [5, 5.41) is 23.1. The van der Waals surface area contributed by atoms with Crippen molar-refractivity contribution in [3.05, 3.63) is 0 Å². The molecule has 0 aliphatic carbocycles. The number of hydrogen-bond donors (Lipinski definition) is 3. The molecule has 5 heteroatoms. The van der Waals surface area contributed by atoms with E-state index < -0.39 is 0 Å². The van der Waals surface area contributed by atoms with Gasteiger partial charge >= 0.3 is 0 Å². The Morgan fingerprint density at radius 3 is 1.16 bits per heavy atom. The second-order valence-electron chi connectivity index (χ2n) is 13.7. The zero-order valence-electron chi connectivity index (χ0n) is 29.7. The largest absolute Gasteiger partial charge is 0.393 e. The minimum absolute atomic E-state index is 0.0939. The lowest BCUT2D eigenvalue weighted by atomic mass is 10.0. The molecule has 0 aromatic rings. The van der Waals surface area contributed by atoms with Crippen LogP contribution in [-0.2, 0) is 9.59 Å². The van der Waals surface area contributed by atoms with Crippen LogP contribution < -0.4 is 5.32 Å². The Labute approximate surface area is 274 Å². The van der Waals surface area contributed by atoms with Crippen LogP contribution >= 0.6 is 0 Å². The maximum absolute atomic E-state index is 12.1. The minimum atomic E-state index is -0.0959. The van der Waals surface area contributed by atoms with E-state index in [9.17, 15) is 19.8 Å². The Bertz CT molecular complexity index is 559. The number of hydrogen-bond acceptors (Lipinski definition) is 4. The van der Waals surface area contributed by atoms with Crippen molar-refractivity contribution in [2.45, 2.75) is 232 Å². The molecule has 0 aromatic carbocycles. The number of rotatable bonds is 36. The molecule has 0 aliphatic rings. The predicted octanol–water partition coefficient (Wildman–Crippen LogP) is 10.9. The SMILES string of the molecule is CCCCCCC(O)CCCCCCCCCCC(=O)CCCNC(=O)CCCCCCCCCCC(O)CCCCCC. The lowest BCUT2D eigenvalue weighted by Gasteiger charge is -2.10. The van der Waals surface area contributed by atoms with E-state index in [1.165, 1.54) is 116 Å². The molecular formula is C39H77NO4. The quantitative estimate of drug-likeness (QED) is 0.0606. The normalized spacial score (nSPS) is 12.8. The number of aliphatic hydroxyl groups is 2. The summed E-state index contributed by atoms with van der Waals surface area (Å²) in [6.07, 6.45) is 35.2. The Balaban J connectivity index is 3.35. The first-order valence-electron chi connectivity index (χ1n) is 19.6. The Morgan fingerprint density at radius 2 is 0.750 bits per heavy atom. The molecule has 3 N–H and O–H groups in total. The summed E-state index contributed by atoms with van der Waals surface area (Å²) in [5.41, 5.74) is 0. The molecule has 0 spiro atoms. The first kappa shape index (κ1) is 43.1. The number of aliphatic hydroxyl groups excluding tert-OH is 2. The lowest BCUT2D eigenvalue weighted by Crippen LogP contribution is -2.24. The summed E-state index contributed by atoms with van der Waals surface area (Å²) < 4.78 is 0. The van der Waals surface area contributed by atoms with Crippen molar-refractivity contribution in [1.82, 2.24) is 5.32 Å². The number of nitrogens with one attached hydrogen (secondary N) is 1. The van der Waals surface area contributed by atoms with Crippen molar-refractivity contribution in [1.29, 1.82) is 0 Å². The van der Waals surface area contributed by atoms with Crippen LogP contribution in [0.25, 0.3) is 0 Å². The van der Waals surface area contributed by atoms with Crippen LogP contribution in [0.15, 0.2) is 0 Å². The number of carbonyl (C=O) groups excluding carboxylic acids is 2. The van der Waals surface area contributed by atoms with Crippen LogP contribution in [0.3, 0.4) is 0 Å². The van der Waals surface area contributed by atoms with Gasteiger partial charge in [0.2, 0.25) is 5.91 Å². The van der Waals surface area contributed by atoms with E-state index in [0.29, 0.717) is 31.6 Å². The maximum atomic E-state index is 12.1. The summed E-state index contributed by atoms with van der Waals surface area (Å²) in [6.45, 7) is 5.06. The molecule has 0 radical (unpaired) electrons. The molecule has 2 atom stereocenters. The Hall–Kier alpha value is -0.940. The molecule has 0 saturated heterocycles. The third-order valence-corrected chi connectivity index (χ3v) is 9.17. The summed E-state index contributed by atoms with van der Waals surface area (Å²) >= 11 is 0. The van der Waals surface area contributed by atoms with E-state index in [0.717, 1.165) is 70.6 Å². The summed E-state index contributed by atoms with van der Waals surface area (Å²) in [4.78, 5) is 24.2. The Morgan fingerprint density at radius 1 is 0.432 bits per heavy atom. The molecule has 0 fully saturated rings. The standard InChI is InChI=1S/C39H77NO4/c1-3-5-7-21-28-36(41)30-23-17-13-9-10-14-19-25-32-38(43)33-27-35-40-39(44)34-26-20-16-12-11-15-18-24-31-37(42)29-22-8-6-4-2/h36-37,41-42H,3-35H2,1-2H3,(H,40,44). The van der Waals surface area contributed by atoms with Crippen molar-refractivity contribution in [2.24, 2.45) is 0 Å². The number of ketones is 1. The van der Waals surface area contributed by atoms with Gasteiger partial charge in [-0.05, 0) is 44.9 Å². The summed E-state index contributed by atoms with van der Waals surface area (Å²) in [5.74, 6) is 0.468. The predicted molar refractivity (Wildman–Crippen MR) is 189 cm³/mol. The number of carbonyl (C=O) groups is 2. The molecule has 0 aromatic heterocycles. The Kier molecular flexibility index (Phi) is 34.2. The summed E-state index contributed by atoms with van der Waals surface area (Å²) in [6, 6.07) is 0. The van der Waals surface area contributed by atoms with Crippen LogP contribution in [0.4, 0.5) is 0 Å². The highest BCUT2D eigenvalue weighted by atomic mass is 16.3. The van der Waals surface area contributed by atoms with E-state index in [4.69, 9.17) is 0 Å². The average molecular weight is 624 g/mol. The number of unbranched alkanes of at least 4 members (excludes halogenated alkanes) is 20. The molecule has 0 saturated carbocycles. The van der Waals surface area contributed by atoms with E-state index >= 15 is 0 Å². The molecule has 262 valence electrons. The van der Waals surface area contributed by atoms with Crippen LogP contribution in [-0.4, -0.2) is 40.7 Å². The fraction of sp³-hybridized carbons (Fsp3) is 0.949. The molecule has 5 nitrogen and oxygen atoms in total.